The zero-order valence-electron chi connectivity index (χ0n) is 18.3. The predicted molar refractivity (Wildman–Crippen MR) is 123 cm³/mol. The highest BCUT2D eigenvalue weighted by Crippen LogP contribution is 2.44. The highest BCUT2D eigenvalue weighted by molar-refractivity contribution is 7.99. The normalized spacial score (nSPS) is 14.9. The fourth-order valence-electron chi connectivity index (χ4n) is 3.62. The maximum absolute atomic E-state index is 14.8. The number of carbonyl (C=O) groups is 1. The van der Waals surface area contributed by atoms with Crippen molar-refractivity contribution in [3.63, 3.8) is 0 Å². The molecule has 0 N–H and O–H groups in total. The predicted octanol–water partition coefficient (Wildman–Crippen LogP) is 5.58. The molecule has 0 saturated carbocycles. The summed E-state index contributed by atoms with van der Waals surface area (Å²) in [6, 6.07) is 12.1. The van der Waals surface area contributed by atoms with E-state index in [4.69, 9.17) is 4.74 Å². The van der Waals surface area contributed by atoms with Crippen molar-refractivity contribution < 1.29 is 13.9 Å². The molecule has 1 aliphatic rings. The highest BCUT2D eigenvalue weighted by Gasteiger charge is 2.36. The van der Waals surface area contributed by atoms with Crippen molar-refractivity contribution in [3.8, 4) is 17.1 Å². The first kappa shape index (κ1) is 22.2. The van der Waals surface area contributed by atoms with Gasteiger partial charge in [0.15, 0.2) is 5.69 Å². The molecule has 2 aromatic carbocycles. The summed E-state index contributed by atoms with van der Waals surface area (Å²) < 4.78 is 21.1. The summed E-state index contributed by atoms with van der Waals surface area (Å²) in [6.07, 6.45) is 1.89. The Morgan fingerprint density at radius 1 is 1.19 bits per heavy atom. The SMILES string of the molecule is CCCCSc1nnc2c(n1)OC(c1ccccc1F)N(C(C)=O)c1ccc(CC)cc1-2. The molecule has 3 aromatic rings. The third-order valence-corrected chi connectivity index (χ3v) is 6.24. The third kappa shape index (κ3) is 4.32. The summed E-state index contributed by atoms with van der Waals surface area (Å²) in [5, 5.41) is 9.21. The number of unbranched alkanes of at least 4 members (excludes halogenated alkanes) is 1. The van der Waals surface area contributed by atoms with Gasteiger partial charge in [-0.15, -0.1) is 10.2 Å². The average molecular weight is 453 g/mol. The van der Waals surface area contributed by atoms with Gasteiger partial charge < -0.3 is 4.74 Å². The molecule has 4 rings (SSSR count). The van der Waals surface area contributed by atoms with Crippen molar-refractivity contribution in [1.82, 2.24) is 15.2 Å². The van der Waals surface area contributed by atoms with Crippen LogP contribution in [0.2, 0.25) is 0 Å². The summed E-state index contributed by atoms with van der Waals surface area (Å²) in [5.74, 6) is 0.371. The van der Waals surface area contributed by atoms with Crippen LogP contribution >= 0.6 is 11.8 Å². The zero-order chi connectivity index (χ0) is 22.7. The lowest BCUT2D eigenvalue weighted by molar-refractivity contribution is -0.118. The standard InChI is InChI=1S/C24H25FN4O2S/c1-4-6-13-32-24-26-22-21(27-28-24)18-14-16(5-2)11-12-20(18)29(15(3)30)23(31-22)17-9-7-8-10-19(17)25/h7-12,14,23H,4-6,13H2,1-3H3. The number of halogens is 1. The Hall–Kier alpha value is -3.00. The lowest BCUT2D eigenvalue weighted by atomic mass is 10.0. The third-order valence-electron chi connectivity index (χ3n) is 5.32. The van der Waals surface area contributed by atoms with Crippen LogP contribution in [0.3, 0.4) is 0 Å². The van der Waals surface area contributed by atoms with E-state index in [0.717, 1.165) is 30.6 Å². The molecule has 2 heterocycles. The van der Waals surface area contributed by atoms with Crippen LogP contribution in [0.5, 0.6) is 5.88 Å². The lowest BCUT2D eigenvalue weighted by Gasteiger charge is -2.30. The minimum Gasteiger partial charge on any atom is -0.447 e. The maximum Gasteiger partial charge on any atom is 0.247 e. The quantitative estimate of drug-likeness (QED) is 0.359. The number of ether oxygens (including phenoxy) is 1. The molecule has 0 bridgehead atoms. The van der Waals surface area contributed by atoms with Gasteiger partial charge >= 0.3 is 0 Å². The topological polar surface area (TPSA) is 68.2 Å². The van der Waals surface area contributed by atoms with E-state index in [2.05, 4.69) is 29.0 Å². The van der Waals surface area contributed by atoms with Crippen LogP contribution < -0.4 is 9.64 Å². The average Bonchev–Trinajstić information content (AvgIpc) is 2.93. The second-order valence-electron chi connectivity index (χ2n) is 7.54. The van der Waals surface area contributed by atoms with E-state index < -0.39 is 12.0 Å². The van der Waals surface area contributed by atoms with E-state index in [0.29, 0.717) is 22.1 Å². The Labute approximate surface area is 191 Å². The van der Waals surface area contributed by atoms with Gasteiger partial charge in [-0.05, 0) is 36.6 Å². The first-order valence-electron chi connectivity index (χ1n) is 10.7. The monoisotopic (exact) mass is 452 g/mol. The summed E-state index contributed by atoms with van der Waals surface area (Å²) in [6.45, 7) is 5.62. The van der Waals surface area contributed by atoms with Gasteiger partial charge in [0, 0.05) is 23.8 Å². The minimum atomic E-state index is -1.02. The first-order chi connectivity index (χ1) is 15.5. The van der Waals surface area contributed by atoms with E-state index in [1.807, 2.05) is 18.2 Å². The van der Waals surface area contributed by atoms with E-state index >= 15 is 0 Å². The second kappa shape index (κ2) is 9.65. The molecule has 0 saturated heterocycles. The number of rotatable bonds is 6. The van der Waals surface area contributed by atoms with Crippen molar-refractivity contribution in [2.75, 3.05) is 10.7 Å². The Kier molecular flexibility index (Phi) is 6.69. The van der Waals surface area contributed by atoms with Crippen LogP contribution in [0, 0.1) is 5.82 Å². The van der Waals surface area contributed by atoms with Crippen molar-refractivity contribution in [2.45, 2.75) is 51.4 Å². The summed E-state index contributed by atoms with van der Waals surface area (Å²) >= 11 is 1.50. The molecule has 6 nitrogen and oxygen atoms in total. The largest absolute Gasteiger partial charge is 0.447 e. The fraction of sp³-hybridized carbons (Fsp3) is 0.333. The van der Waals surface area contributed by atoms with Gasteiger partial charge in [-0.25, -0.2) is 4.39 Å². The van der Waals surface area contributed by atoms with E-state index in [1.54, 1.807) is 18.2 Å². The highest BCUT2D eigenvalue weighted by atomic mass is 32.2. The molecule has 166 valence electrons. The van der Waals surface area contributed by atoms with Gasteiger partial charge in [-0.2, -0.15) is 4.98 Å². The number of aryl methyl sites for hydroxylation is 1. The maximum atomic E-state index is 14.8. The Morgan fingerprint density at radius 2 is 2.00 bits per heavy atom. The van der Waals surface area contributed by atoms with Crippen LogP contribution in [0.1, 0.15) is 51.0 Å². The molecule has 1 atom stereocenters. The molecule has 32 heavy (non-hydrogen) atoms. The number of hydrogen-bond acceptors (Lipinski definition) is 6. The van der Waals surface area contributed by atoms with Crippen LogP contribution in [-0.4, -0.2) is 26.8 Å². The molecule has 0 spiro atoms. The molecule has 0 radical (unpaired) electrons. The molecule has 1 aromatic heterocycles. The van der Waals surface area contributed by atoms with Crippen LogP contribution in [0.4, 0.5) is 10.1 Å². The molecule has 1 aliphatic heterocycles. The Balaban J connectivity index is 1.91. The summed E-state index contributed by atoms with van der Waals surface area (Å²) in [4.78, 5) is 18.9. The summed E-state index contributed by atoms with van der Waals surface area (Å²) in [7, 11) is 0. The number of hydrogen-bond donors (Lipinski definition) is 0. The fourth-order valence-corrected chi connectivity index (χ4v) is 4.48. The number of aromatic nitrogens is 3. The van der Waals surface area contributed by atoms with Gasteiger partial charge in [-0.1, -0.05) is 56.3 Å². The summed E-state index contributed by atoms with van der Waals surface area (Å²) in [5.41, 5.74) is 3.05. The van der Waals surface area contributed by atoms with Crippen molar-refractivity contribution >= 4 is 23.4 Å². The van der Waals surface area contributed by atoms with Crippen molar-refractivity contribution in [3.05, 3.63) is 59.4 Å². The van der Waals surface area contributed by atoms with Crippen LogP contribution in [0.25, 0.3) is 11.3 Å². The van der Waals surface area contributed by atoms with Crippen LogP contribution in [-0.2, 0) is 11.2 Å². The van der Waals surface area contributed by atoms with E-state index in [-0.39, 0.29) is 17.4 Å². The van der Waals surface area contributed by atoms with Crippen molar-refractivity contribution in [1.29, 1.82) is 0 Å². The van der Waals surface area contributed by atoms with Gasteiger partial charge in [0.1, 0.15) is 5.82 Å². The molecule has 0 fully saturated rings. The van der Waals surface area contributed by atoms with Gasteiger partial charge in [0.2, 0.25) is 23.2 Å². The molecule has 0 aliphatic carbocycles. The number of thioether (sulfide) groups is 1. The van der Waals surface area contributed by atoms with E-state index in [9.17, 15) is 9.18 Å². The van der Waals surface area contributed by atoms with Gasteiger partial charge in [-0.3, -0.25) is 9.69 Å². The number of amides is 1. The number of carbonyl (C=O) groups excluding carboxylic acids is 1. The second-order valence-corrected chi connectivity index (χ2v) is 8.60. The zero-order valence-corrected chi connectivity index (χ0v) is 19.2. The molecule has 8 heteroatoms. The first-order valence-corrected chi connectivity index (χ1v) is 11.7. The number of fused-ring (bicyclic) bond motifs is 3. The smallest absolute Gasteiger partial charge is 0.247 e. The number of benzene rings is 2. The molecular formula is C24H25FN4O2S. The molecular weight excluding hydrogens is 427 g/mol. The lowest BCUT2D eigenvalue weighted by Crippen LogP contribution is -2.36. The van der Waals surface area contributed by atoms with Crippen molar-refractivity contribution in [2.24, 2.45) is 0 Å². The Morgan fingerprint density at radius 3 is 2.72 bits per heavy atom. The minimum absolute atomic E-state index is 0.241. The molecule has 1 amide bonds. The number of anilines is 1. The Bertz CT molecular complexity index is 1140. The van der Waals surface area contributed by atoms with Crippen LogP contribution in [0.15, 0.2) is 47.6 Å². The van der Waals surface area contributed by atoms with Gasteiger partial charge in [0.05, 0.1) is 5.69 Å². The molecule has 1 unspecified atom stereocenters. The van der Waals surface area contributed by atoms with E-state index in [1.165, 1.54) is 29.7 Å². The number of nitrogens with zero attached hydrogens (tertiary/aromatic N) is 4. The van der Waals surface area contributed by atoms with Gasteiger partial charge in [0.25, 0.3) is 0 Å².